The molecule has 130 valence electrons. The third kappa shape index (κ3) is 9.45. The van der Waals surface area contributed by atoms with E-state index in [2.05, 4.69) is 6.92 Å². The van der Waals surface area contributed by atoms with Gasteiger partial charge in [0.2, 0.25) is 0 Å². The average molecular weight is 312 g/mol. The van der Waals surface area contributed by atoms with E-state index in [1.54, 1.807) is 0 Å². The highest BCUT2D eigenvalue weighted by molar-refractivity contribution is 5.70. The standard InChI is InChI=1S/C19H36O3/c1-2-3-4-5-6-7-8-9-10-11-12-13-14-17-16-22-19(21)15-18(17)20/h17-18,20H,2-16H2,1H3/t17-,18-/m1/s1. The van der Waals surface area contributed by atoms with Gasteiger partial charge in [-0.25, -0.2) is 0 Å². The zero-order valence-corrected chi connectivity index (χ0v) is 14.5. The fourth-order valence-electron chi connectivity index (χ4n) is 3.23. The Morgan fingerprint density at radius 2 is 1.41 bits per heavy atom. The van der Waals surface area contributed by atoms with Crippen LogP contribution in [0.5, 0.6) is 0 Å². The number of carbonyl (C=O) groups excluding carboxylic acids is 1. The summed E-state index contributed by atoms with van der Waals surface area (Å²) in [5, 5.41) is 9.82. The van der Waals surface area contributed by atoms with E-state index < -0.39 is 6.10 Å². The highest BCUT2D eigenvalue weighted by Gasteiger charge is 2.28. The van der Waals surface area contributed by atoms with E-state index >= 15 is 0 Å². The van der Waals surface area contributed by atoms with Gasteiger partial charge in [-0.1, -0.05) is 84.0 Å². The maximum atomic E-state index is 11.0. The van der Waals surface area contributed by atoms with Gasteiger partial charge in [-0.05, 0) is 6.42 Å². The molecule has 1 aliphatic rings. The monoisotopic (exact) mass is 312 g/mol. The minimum atomic E-state index is -0.478. The van der Waals surface area contributed by atoms with E-state index in [0.29, 0.717) is 6.61 Å². The Labute approximate surface area is 136 Å². The Bertz CT molecular complexity index is 278. The Hall–Kier alpha value is -0.570. The van der Waals surface area contributed by atoms with Crippen LogP contribution in [0.25, 0.3) is 0 Å². The van der Waals surface area contributed by atoms with Crippen LogP contribution in [0.1, 0.15) is 96.8 Å². The van der Waals surface area contributed by atoms with Gasteiger partial charge in [0.25, 0.3) is 0 Å². The van der Waals surface area contributed by atoms with E-state index in [0.717, 1.165) is 12.8 Å². The number of ether oxygens (including phenoxy) is 1. The Kier molecular flexibility index (Phi) is 11.4. The predicted molar refractivity (Wildman–Crippen MR) is 90.8 cm³/mol. The van der Waals surface area contributed by atoms with E-state index in [9.17, 15) is 9.90 Å². The molecular weight excluding hydrogens is 276 g/mol. The van der Waals surface area contributed by atoms with Crippen LogP contribution >= 0.6 is 0 Å². The lowest BCUT2D eigenvalue weighted by Gasteiger charge is -2.26. The van der Waals surface area contributed by atoms with Crippen molar-refractivity contribution >= 4 is 5.97 Å². The van der Waals surface area contributed by atoms with Crippen molar-refractivity contribution in [2.45, 2.75) is 103 Å². The molecule has 0 aliphatic carbocycles. The molecule has 0 aromatic carbocycles. The highest BCUT2D eigenvalue weighted by atomic mass is 16.5. The second-order valence-corrected chi connectivity index (χ2v) is 6.89. The summed E-state index contributed by atoms with van der Waals surface area (Å²) in [6.45, 7) is 2.68. The number of aliphatic hydroxyl groups is 1. The van der Waals surface area contributed by atoms with Crippen molar-refractivity contribution in [2.75, 3.05) is 6.61 Å². The van der Waals surface area contributed by atoms with Crippen LogP contribution < -0.4 is 0 Å². The van der Waals surface area contributed by atoms with Gasteiger partial charge in [0.1, 0.15) is 0 Å². The first-order chi connectivity index (χ1) is 10.7. The van der Waals surface area contributed by atoms with E-state index in [-0.39, 0.29) is 18.3 Å². The van der Waals surface area contributed by atoms with Gasteiger partial charge in [0.05, 0.1) is 19.1 Å². The number of hydrogen-bond donors (Lipinski definition) is 1. The molecule has 22 heavy (non-hydrogen) atoms. The maximum Gasteiger partial charge on any atom is 0.308 e. The smallest absolute Gasteiger partial charge is 0.308 e. The Morgan fingerprint density at radius 1 is 0.909 bits per heavy atom. The Morgan fingerprint density at radius 3 is 1.91 bits per heavy atom. The molecule has 0 radical (unpaired) electrons. The normalized spacial score (nSPS) is 21.8. The number of aliphatic hydroxyl groups excluding tert-OH is 1. The lowest BCUT2D eigenvalue weighted by molar-refractivity contribution is -0.157. The van der Waals surface area contributed by atoms with Gasteiger partial charge < -0.3 is 9.84 Å². The minimum Gasteiger partial charge on any atom is -0.465 e. The number of rotatable bonds is 13. The molecule has 1 fully saturated rings. The van der Waals surface area contributed by atoms with E-state index in [4.69, 9.17) is 4.74 Å². The molecule has 0 aromatic rings. The van der Waals surface area contributed by atoms with Gasteiger partial charge in [-0.15, -0.1) is 0 Å². The summed E-state index contributed by atoms with van der Waals surface area (Å²) in [4.78, 5) is 11.0. The van der Waals surface area contributed by atoms with Crippen molar-refractivity contribution in [3.63, 3.8) is 0 Å². The Balaban J connectivity index is 1.81. The highest BCUT2D eigenvalue weighted by Crippen LogP contribution is 2.22. The first kappa shape index (κ1) is 19.5. The second kappa shape index (κ2) is 12.9. The van der Waals surface area contributed by atoms with Gasteiger partial charge in [0, 0.05) is 5.92 Å². The van der Waals surface area contributed by atoms with Crippen LogP contribution in [-0.4, -0.2) is 23.8 Å². The molecule has 0 bridgehead atoms. The van der Waals surface area contributed by atoms with E-state index in [1.807, 2.05) is 0 Å². The fraction of sp³-hybridized carbons (Fsp3) is 0.947. The molecule has 1 saturated heterocycles. The van der Waals surface area contributed by atoms with Crippen molar-refractivity contribution in [2.24, 2.45) is 5.92 Å². The topological polar surface area (TPSA) is 46.5 Å². The zero-order valence-electron chi connectivity index (χ0n) is 14.5. The maximum absolute atomic E-state index is 11.0. The summed E-state index contributed by atoms with van der Waals surface area (Å²) in [5.74, 6) is -0.0840. The largest absolute Gasteiger partial charge is 0.465 e. The molecule has 0 saturated carbocycles. The van der Waals surface area contributed by atoms with Crippen LogP contribution in [-0.2, 0) is 9.53 Å². The van der Waals surface area contributed by atoms with Crippen LogP contribution in [0.4, 0.5) is 0 Å². The molecule has 1 heterocycles. The summed E-state index contributed by atoms with van der Waals surface area (Å²) in [7, 11) is 0. The van der Waals surface area contributed by atoms with Crippen LogP contribution in [0, 0.1) is 5.92 Å². The number of unbranched alkanes of at least 4 members (excludes halogenated alkanes) is 11. The first-order valence-corrected chi connectivity index (χ1v) is 9.57. The summed E-state index contributed by atoms with van der Waals surface area (Å²) in [5.41, 5.74) is 0. The average Bonchev–Trinajstić information content (AvgIpc) is 2.50. The lowest BCUT2D eigenvalue weighted by atomic mass is 9.92. The molecule has 0 unspecified atom stereocenters. The van der Waals surface area contributed by atoms with Gasteiger partial charge in [-0.3, -0.25) is 4.79 Å². The number of carbonyl (C=O) groups is 1. The van der Waals surface area contributed by atoms with Crippen molar-refractivity contribution in [1.29, 1.82) is 0 Å². The van der Waals surface area contributed by atoms with Gasteiger partial charge >= 0.3 is 5.97 Å². The fourth-order valence-corrected chi connectivity index (χ4v) is 3.23. The number of cyclic esters (lactones) is 1. The summed E-state index contributed by atoms with van der Waals surface area (Å²) >= 11 is 0. The van der Waals surface area contributed by atoms with Crippen LogP contribution in [0.15, 0.2) is 0 Å². The molecule has 1 N–H and O–H groups in total. The predicted octanol–water partition coefficient (Wildman–Crippen LogP) is 5.00. The minimum absolute atomic E-state index is 0.167. The quantitative estimate of drug-likeness (QED) is 0.384. The first-order valence-electron chi connectivity index (χ1n) is 9.57. The van der Waals surface area contributed by atoms with Gasteiger partial charge in [-0.2, -0.15) is 0 Å². The molecule has 0 spiro atoms. The molecule has 2 atom stereocenters. The summed E-state index contributed by atoms with van der Waals surface area (Å²) in [6.07, 6.45) is 16.9. The molecule has 1 rings (SSSR count). The molecule has 3 nitrogen and oxygen atoms in total. The molecule has 0 amide bonds. The third-order valence-corrected chi connectivity index (χ3v) is 4.81. The molecule has 1 aliphatic heterocycles. The summed E-state index contributed by atoms with van der Waals surface area (Å²) in [6, 6.07) is 0. The van der Waals surface area contributed by atoms with Crippen molar-refractivity contribution in [1.82, 2.24) is 0 Å². The zero-order chi connectivity index (χ0) is 16.0. The van der Waals surface area contributed by atoms with Crippen LogP contribution in [0.3, 0.4) is 0 Å². The van der Waals surface area contributed by atoms with E-state index in [1.165, 1.54) is 70.6 Å². The van der Waals surface area contributed by atoms with Crippen molar-refractivity contribution in [3.05, 3.63) is 0 Å². The second-order valence-electron chi connectivity index (χ2n) is 6.89. The molecule has 3 heteroatoms. The SMILES string of the molecule is CCCCCCCCCCCCCC[C@@H]1COC(=O)C[C@H]1O. The molecular formula is C19H36O3. The number of esters is 1. The summed E-state index contributed by atoms with van der Waals surface area (Å²) < 4.78 is 5.02. The van der Waals surface area contributed by atoms with Crippen molar-refractivity contribution < 1.29 is 14.6 Å². The third-order valence-electron chi connectivity index (χ3n) is 4.81. The molecule has 0 aromatic heterocycles. The van der Waals surface area contributed by atoms with Crippen molar-refractivity contribution in [3.8, 4) is 0 Å². The van der Waals surface area contributed by atoms with Gasteiger partial charge in [0.15, 0.2) is 0 Å². The number of hydrogen-bond acceptors (Lipinski definition) is 3. The lowest BCUT2D eigenvalue weighted by Crippen LogP contribution is -2.34. The van der Waals surface area contributed by atoms with Crippen LogP contribution in [0.2, 0.25) is 0 Å².